The lowest BCUT2D eigenvalue weighted by atomic mass is 9.81. The van der Waals surface area contributed by atoms with Gasteiger partial charge in [0.25, 0.3) is 11.7 Å². The Morgan fingerprint density at radius 2 is 1.66 bits per heavy atom. The van der Waals surface area contributed by atoms with E-state index in [0.717, 1.165) is 5.57 Å². The molecule has 0 radical (unpaired) electrons. The predicted octanol–water partition coefficient (Wildman–Crippen LogP) is 4.43. The summed E-state index contributed by atoms with van der Waals surface area (Å²) in [5.74, 6) is -7.34. The lowest BCUT2D eigenvalue weighted by Crippen LogP contribution is -2.64. The van der Waals surface area contributed by atoms with E-state index in [4.69, 9.17) is 28.5 Å². The molecular weight excluding hydrogens is 789 g/mol. The van der Waals surface area contributed by atoms with Crippen LogP contribution in [0.4, 0.5) is 0 Å². The Bertz CT molecular complexity index is 1570. The molecule has 3 heterocycles. The van der Waals surface area contributed by atoms with Crippen molar-refractivity contribution in [1.82, 2.24) is 4.90 Å². The van der Waals surface area contributed by atoms with Crippen molar-refractivity contribution >= 4 is 23.4 Å². The fourth-order valence-corrected chi connectivity index (χ4v) is 9.72. The molecule has 346 valence electrons. The number of esters is 1. The van der Waals surface area contributed by atoms with Crippen LogP contribution in [0.1, 0.15) is 105 Å². The van der Waals surface area contributed by atoms with Gasteiger partial charge < -0.3 is 53.8 Å². The van der Waals surface area contributed by atoms with Crippen LogP contribution in [-0.2, 0) is 42.9 Å². The molecule has 3 aliphatic heterocycles. The summed E-state index contributed by atoms with van der Waals surface area (Å²) in [4.78, 5) is 49.8. The minimum Gasteiger partial charge on any atom is -0.456 e. The topological polar surface area (TPSA) is 203 Å². The predicted molar refractivity (Wildman–Crippen MR) is 228 cm³/mol. The molecule has 1 amide bonds. The van der Waals surface area contributed by atoms with E-state index in [-0.39, 0.29) is 62.9 Å². The number of fused-ring (bicyclic) bond motifs is 3. The number of carbonyl (C=O) groups is 3. The number of aliphatic hydroxyl groups is 4. The summed E-state index contributed by atoms with van der Waals surface area (Å²) in [5, 5.41) is 48.6. The Labute approximate surface area is 362 Å². The molecule has 15 nitrogen and oxygen atoms in total. The van der Waals surface area contributed by atoms with Gasteiger partial charge in [0.2, 0.25) is 5.79 Å². The first-order chi connectivity index (χ1) is 29.0. The van der Waals surface area contributed by atoms with E-state index in [1.165, 1.54) is 19.1 Å². The van der Waals surface area contributed by atoms with Gasteiger partial charge >= 0.3 is 5.97 Å². The Morgan fingerprint density at radius 1 is 0.967 bits per heavy atom. The van der Waals surface area contributed by atoms with Crippen molar-refractivity contribution in [3.05, 3.63) is 36.0 Å². The van der Waals surface area contributed by atoms with E-state index in [2.05, 4.69) is 24.7 Å². The van der Waals surface area contributed by atoms with Crippen LogP contribution in [0.15, 0.2) is 41.1 Å². The molecule has 4 rings (SSSR count). The molecule has 14 atom stereocenters. The lowest BCUT2D eigenvalue weighted by molar-refractivity contribution is -0.302. The number of oxime groups is 1. The van der Waals surface area contributed by atoms with Gasteiger partial charge in [-0.3, -0.25) is 9.59 Å². The fraction of sp³-hybridized carbons (Fsp3) is 0.783. The van der Waals surface area contributed by atoms with Gasteiger partial charge in [0.05, 0.1) is 42.8 Å². The zero-order chi connectivity index (χ0) is 45.0. The number of hydrogen-bond acceptors (Lipinski definition) is 14. The van der Waals surface area contributed by atoms with E-state index >= 15 is 0 Å². The van der Waals surface area contributed by atoms with Crippen LogP contribution in [-0.4, -0.2) is 144 Å². The molecule has 14 unspecified atom stereocenters. The van der Waals surface area contributed by atoms with Crippen LogP contribution < -0.4 is 0 Å². The highest BCUT2D eigenvalue weighted by Crippen LogP contribution is 2.39. The lowest BCUT2D eigenvalue weighted by Gasteiger charge is -2.47. The highest BCUT2D eigenvalue weighted by Gasteiger charge is 2.56. The van der Waals surface area contributed by atoms with E-state index in [9.17, 15) is 34.8 Å². The largest absolute Gasteiger partial charge is 0.456 e. The summed E-state index contributed by atoms with van der Waals surface area (Å²) >= 11 is 0. The molecule has 4 aliphatic rings. The maximum atomic E-state index is 14.5. The molecular formula is C46H74N2O13. The Hall–Kier alpha value is -3.02. The van der Waals surface area contributed by atoms with Crippen LogP contribution in [0.2, 0.25) is 0 Å². The number of ketones is 1. The number of ether oxygens (including phenoxy) is 5. The summed E-state index contributed by atoms with van der Waals surface area (Å²) in [6.07, 6.45) is 5.63. The van der Waals surface area contributed by atoms with Gasteiger partial charge in [-0.15, -0.1) is 6.58 Å². The zero-order valence-corrected chi connectivity index (χ0v) is 37.7. The van der Waals surface area contributed by atoms with Crippen LogP contribution >= 0.6 is 0 Å². The molecule has 4 N–H and O–H groups in total. The van der Waals surface area contributed by atoms with Crippen molar-refractivity contribution < 1.29 is 63.3 Å². The molecule has 1 saturated carbocycles. The number of Topliss-reactive ketones (excluding diaryl/α,β-unsaturated/α-hetero) is 1. The Balaban J connectivity index is 1.84. The summed E-state index contributed by atoms with van der Waals surface area (Å²) in [5.41, 5.74) is 2.21. The molecule has 0 spiro atoms. The van der Waals surface area contributed by atoms with Crippen molar-refractivity contribution in [3.8, 4) is 0 Å². The zero-order valence-electron chi connectivity index (χ0n) is 37.7. The van der Waals surface area contributed by atoms with Crippen molar-refractivity contribution in [2.75, 3.05) is 41.1 Å². The third-order valence-electron chi connectivity index (χ3n) is 13.3. The number of piperidine rings is 1. The van der Waals surface area contributed by atoms with E-state index in [1.54, 1.807) is 27.0 Å². The van der Waals surface area contributed by atoms with E-state index in [1.807, 2.05) is 19.9 Å². The van der Waals surface area contributed by atoms with Gasteiger partial charge in [-0.05, 0) is 95.5 Å². The van der Waals surface area contributed by atoms with Crippen LogP contribution in [0.3, 0.4) is 0 Å². The van der Waals surface area contributed by atoms with Gasteiger partial charge in [-0.2, -0.15) is 0 Å². The number of cyclic esters (lactones) is 1. The molecule has 0 aromatic heterocycles. The summed E-state index contributed by atoms with van der Waals surface area (Å²) in [6, 6.07) is -1.15. The molecule has 2 bridgehead atoms. The SMILES string of the molecule is C=CCC1C=C(C)CC(C)CC(OC)C2OC(O)(C(=O)C(=O)N3CCCCC3C(=O)OC(C(C)=CC3CCC(O)C(OC)C3)C(C)C(O)CC1=NOCCO)C(C)CC2OC. The van der Waals surface area contributed by atoms with Crippen molar-refractivity contribution in [3.63, 3.8) is 0 Å². The third-order valence-corrected chi connectivity index (χ3v) is 13.3. The van der Waals surface area contributed by atoms with E-state index < -0.39 is 77.9 Å². The highest BCUT2D eigenvalue weighted by atomic mass is 16.7. The average Bonchev–Trinajstić information content (AvgIpc) is 3.24. The van der Waals surface area contributed by atoms with Crippen molar-refractivity contribution in [2.24, 2.45) is 34.7 Å². The Kier molecular flexibility index (Phi) is 19.6. The summed E-state index contributed by atoms with van der Waals surface area (Å²) in [7, 11) is 4.63. The van der Waals surface area contributed by atoms with Crippen LogP contribution in [0.5, 0.6) is 0 Å². The second-order valence-corrected chi connectivity index (χ2v) is 17.9. The number of aliphatic hydroxyl groups excluding tert-OH is 3. The van der Waals surface area contributed by atoms with Gasteiger partial charge in [0, 0.05) is 52.0 Å². The maximum absolute atomic E-state index is 14.5. The number of methoxy groups -OCH3 is 3. The summed E-state index contributed by atoms with van der Waals surface area (Å²) in [6.45, 7) is 13.1. The molecule has 2 saturated heterocycles. The van der Waals surface area contributed by atoms with Gasteiger partial charge in [0.1, 0.15) is 24.9 Å². The smallest absolute Gasteiger partial charge is 0.329 e. The molecule has 1 aliphatic carbocycles. The number of rotatable bonds is 10. The number of carbonyl (C=O) groups excluding carboxylic acids is 3. The van der Waals surface area contributed by atoms with Gasteiger partial charge in [-0.1, -0.05) is 49.7 Å². The number of nitrogens with zero attached hydrogens (tertiary/aromatic N) is 2. The van der Waals surface area contributed by atoms with Crippen molar-refractivity contribution in [2.45, 2.75) is 160 Å². The molecule has 61 heavy (non-hydrogen) atoms. The first-order valence-electron chi connectivity index (χ1n) is 22.2. The monoisotopic (exact) mass is 863 g/mol. The number of hydrogen-bond donors (Lipinski definition) is 4. The van der Waals surface area contributed by atoms with Crippen LogP contribution in [0.25, 0.3) is 0 Å². The van der Waals surface area contributed by atoms with Gasteiger partial charge in [-0.25, -0.2) is 4.79 Å². The maximum Gasteiger partial charge on any atom is 0.329 e. The Morgan fingerprint density at radius 3 is 2.31 bits per heavy atom. The fourth-order valence-electron chi connectivity index (χ4n) is 9.72. The average molecular weight is 863 g/mol. The highest BCUT2D eigenvalue weighted by molar-refractivity contribution is 6.39. The minimum atomic E-state index is -2.52. The first kappa shape index (κ1) is 50.6. The second-order valence-electron chi connectivity index (χ2n) is 17.9. The number of amides is 1. The van der Waals surface area contributed by atoms with Gasteiger partial charge in [0.15, 0.2) is 0 Å². The molecule has 0 aromatic carbocycles. The van der Waals surface area contributed by atoms with Crippen LogP contribution in [0, 0.1) is 29.6 Å². The standard InChI is InChI=1S/C46H74N2O13/c1-10-13-33-21-27(2)20-28(3)22-39(57-8)42-40(58-9)24-30(5)46(55,61-42)43(52)44(53)48-17-12-11-14-35(48)45(54)60-41(31(6)37(51)26-34(33)47-59-19-18-49)29(4)23-32-15-16-36(50)38(25-32)56-7/h10,21,23,28,30-33,35-42,49-51,55H,1,11-20,22,24-26H2,2-9H3. The molecule has 15 heteroatoms. The molecule has 3 fully saturated rings. The van der Waals surface area contributed by atoms with Crippen molar-refractivity contribution in [1.29, 1.82) is 0 Å². The quantitative estimate of drug-likeness (QED) is 0.0791. The third kappa shape index (κ3) is 12.8. The second kappa shape index (κ2) is 23.6. The number of allylic oxidation sites excluding steroid dienone is 4. The van der Waals surface area contributed by atoms with E-state index in [0.29, 0.717) is 62.7 Å². The normalized spacial score (nSPS) is 38.8. The minimum absolute atomic E-state index is 0.0131. The first-order valence-corrected chi connectivity index (χ1v) is 22.2. The summed E-state index contributed by atoms with van der Waals surface area (Å²) < 4.78 is 30.0. The molecule has 0 aromatic rings.